The van der Waals surface area contributed by atoms with E-state index in [1.54, 1.807) is 25.1 Å². The van der Waals surface area contributed by atoms with Crippen molar-refractivity contribution < 1.29 is 9.59 Å². The molecule has 1 fully saturated rings. The van der Waals surface area contributed by atoms with E-state index in [0.717, 1.165) is 23.4 Å². The molecule has 3 heterocycles. The number of aromatic nitrogens is 1. The van der Waals surface area contributed by atoms with Crippen LogP contribution in [0.2, 0.25) is 5.02 Å². The normalized spacial score (nSPS) is 27.5. The Morgan fingerprint density at radius 1 is 1.26 bits per heavy atom. The third-order valence-electron chi connectivity index (χ3n) is 6.63. The van der Waals surface area contributed by atoms with Gasteiger partial charge in [0.05, 0.1) is 6.04 Å². The zero-order valence-electron chi connectivity index (χ0n) is 19.0. The molecule has 1 aromatic carbocycles. The minimum atomic E-state index is -0.921. The molecule has 2 amide bonds. The van der Waals surface area contributed by atoms with Gasteiger partial charge in [-0.2, -0.15) is 0 Å². The Hall–Kier alpha value is -2.31. The van der Waals surface area contributed by atoms with Crippen LogP contribution < -0.4 is 10.6 Å². The predicted octanol–water partition coefficient (Wildman–Crippen LogP) is 3.52. The number of nitrogens with zero attached hydrogens (tertiary/aromatic N) is 2. The summed E-state index contributed by atoms with van der Waals surface area (Å²) in [6, 6.07) is 8.83. The highest BCUT2D eigenvalue weighted by Crippen LogP contribution is 2.56. The predicted molar refractivity (Wildman–Crippen MR) is 123 cm³/mol. The van der Waals surface area contributed by atoms with Crippen molar-refractivity contribution in [3.8, 4) is 0 Å². The molecule has 7 heteroatoms. The summed E-state index contributed by atoms with van der Waals surface area (Å²) in [7, 11) is 5.49. The Kier molecular flexibility index (Phi) is 5.22. The molecule has 0 saturated carbocycles. The van der Waals surface area contributed by atoms with Crippen LogP contribution in [-0.2, 0) is 22.1 Å². The maximum Gasteiger partial charge on any atom is 0.239 e. The van der Waals surface area contributed by atoms with Crippen LogP contribution in [-0.4, -0.2) is 47.5 Å². The van der Waals surface area contributed by atoms with Crippen molar-refractivity contribution in [2.75, 3.05) is 19.4 Å². The molecule has 0 radical (unpaired) electrons. The number of hydrogen-bond acceptors (Lipinski definition) is 3. The molecule has 4 atom stereocenters. The van der Waals surface area contributed by atoms with Gasteiger partial charge in [0.2, 0.25) is 11.8 Å². The van der Waals surface area contributed by atoms with E-state index in [-0.39, 0.29) is 29.2 Å². The highest BCUT2D eigenvalue weighted by Gasteiger charge is 2.66. The van der Waals surface area contributed by atoms with E-state index in [4.69, 9.17) is 11.6 Å². The Morgan fingerprint density at radius 2 is 1.97 bits per heavy atom. The van der Waals surface area contributed by atoms with Crippen LogP contribution in [0.1, 0.15) is 44.4 Å². The summed E-state index contributed by atoms with van der Waals surface area (Å²) < 4.78 is 2.02. The molecular weight excluding hydrogens is 412 g/mol. The lowest BCUT2D eigenvalue weighted by Crippen LogP contribution is -2.49. The maximum atomic E-state index is 13.9. The summed E-state index contributed by atoms with van der Waals surface area (Å²) in [5, 5.41) is 7.28. The summed E-state index contributed by atoms with van der Waals surface area (Å²) in [6.07, 6.45) is 2.70. The Labute approximate surface area is 188 Å². The standard InChI is InChI=1S/C24H31ClN4O2/c1-23(2,3)13-18-24(15-10-9-14(25)12-16(15)26-22(24)31)19(17-8-7-11-29(17)6)20(27-18)21(30)28(4)5/h7-12,18-20,27H,13H2,1-6H3,(H,26,31)/t18?,19-,20+,24-/m0/s1. The largest absolute Gasteiger partial charge is 0.354 e. The number of amides is 2. The third kappa shape index (κ3) is 3.37. The number of aryl methyl sites for hydroxylation is 1. The van der Waals surface area contributed by atoms with Crippen molar-refractivity contribution in [2.45, 2.75) is 50.6 Å². The van der Waals surface area contributed by atoms with E-state index < -0.39 is 11.5 Å². The van der Waals surface area contributed by atoms with Gasteiger partial charge in [-0.1, -0.05) is 38.4 Å². The van der Waals surface area contributed by atoms with Crippen LogP contribution in [0.5, 0.6) is 0 Å². The third-order valence-corrected chi connectivity index (χ3v) is 6.87. The molecule has 4 rings (SSSR count). The summed E-state index contributed by atoms with van der Waals surface area (Å²) in [4.78, 5) is 28.9. The fourth-order valence-corrected chi connectivity index (χ4v) is 5.61. The minimum absolute atomic E-state index is 0.0304. The van der Waals surface area contributed by atoms with Crippen molar-refractivity contribution in [1.82, 2.24) is 14.8 Å². The Bertz CT molecular complexity index is 1040. The summed E-state index contributed by atoms with van der Waals surface area (Å²) in [5.74, 6) is -0.471. The smallest absolute Gasteiger partial charge is 0.239 e. The molecular formula is C24H31ClN4O2. The second kappa shape index (κ2) is 7.38. The lowest BCUT2D eigenvalue weighted by Gasteiger charge is -2.37. The quantitative estimate of drug-likeness (QED) is 0.764. The van der Waals surface area contributed by atoms with Gasteiger partial charge in [-0.15, -0.1) is 0 Å². The highest BCUT2D eigenvalue weighted by molar-refractivity contribution is 6.31. The number of rotatable bonds is 3. The molecule has 0 aliphatic carbocycles. The second-order valence-electron chi connectivity index (χ2n) is 10.2. The van der Waals surface area contributed by atoms with Crippen molar-refractivity contribution >= 4 is 29.1 Å². The van der Waals surface area contributed by atoms with E-state index in [1.807, 2.05) is 42.1 Å². The van der Waals surface area contributed by atoms with Gasteiger partial charge < -0.3 is 20.1 Å². The fourth-order valence-electron chi connectivity index (χ4n) is 5.43. The first-order chi connectivity index (χ1) is 14.5. The first-order valence-electron chi connectivity index (χ1n) is 10.7. The summed E-state index contributed by atoms with van der Waals surface area (Å²) >= 11 is 6.26. The highest BCUT2D eigenvalue weighted by atomic mass is 35.5. The summed E-state index contributed by atoms with van der Waals surface area (Å²) in [5.41, 5.74) is 1.63. The van der Waals surface area contributed by atoms with Gasteiger partial charge in [0.1, 0.15) is 5.41 Å². The van der Waals surface area contributed by atoms with Gasteiger partial charge in [0.15, 0.2) is 0 Å². The Balaban J connectivity index is 2.01. The van der Waals surface area contributed by atoms with Gasteiger partial charge in [0.25, 0.3) is 0 Å². The van der Waals surface area contributed by atoms with E-state index in [2.05, 4.69) is 31.4 Å². The average Bonchev–Trinajstić information content (AvgIpc) is 3.29. The van der Waals surface area contributed by atoms with E-state index in [1.165, 1.54) is 0 Å². The van der Waals surface area contributed by atoms with E-state index in [9.17, 15) is 9.59 Å². The molecule has 0 bridgehead atoms. The molecule has 6 nitrogen and oxygen atoms in total. The number of nitrogens with one attached hydrogen (secondary N) is 2. The van der Waals surface area contributed by atoms with Crippen LogP contribution in [0, 0.1) is 5.41 Å². The fraction of sp³-hybridized carbons (Fsp3) is 0.500. The average molecular weight is 443 g/mol. The maximum absolute atomic E-state index is 13.9. The molecule has 2 aliphatic heterocycles. The SMILES string of the molecule is CN(C)C(=O)[C@@H]1NC(CC(C)(C)C)[C@]2(C(=O)Nc3cc(Cl)ccc32)[C@H]1c1cccn1C. The van der Waals surface area contributed by atoms with Crippen LogP contribution in [0.25, 0.3) is 0 Å². The lowest BCUT2D eigenvalue weighted by molar-refractivity contribution is -0.131. The first kappa shape index (κ1) is 21.9. The zero-order valence-corrected chi connectivity index (χ0v) is 19.7. The van der Waals surface area contributed by atoms with E-state index >= 15 is 0 Å². The van der Waals surface area contributed by atoms with Crippen LogP contribution >= 0.6 is 11.6 Å². The van der Waals surface area contributed by atoms with Gasteiger partial charge in [-0.25, -0.2) is 0 Å². The number of likely N-dealkylation sites (N-methyl/N-ethyl adjacent to an activating group) is 1. The van der Waals surface area contributed by atoms with Crippen molar-refractivity contribution in [3.05, 3.63) is 52.8 Å². The molecule has 1 spiro atoms. The zero-order chi connectivity index (χ0) is 22.7. The Morgan fingerprint density at radius 3 is 2.55 bits per heavy atom. The van der Waals surface area contributed by atoms with Crippen molar-refractivity contribution in [1.29, 1.82) is 0 Å². The molecule has 1 unspecified atom stereocenters. The van der Waals surface area contributed by atoms with Gasteiger partial charge in [-0.3, -0.25) is 9.59 Å². The molecule has 1 saturated heterocycles. The molecule has 166 valence electrons. The van der Waals surface area contributed by atoms with Crippen LogP contribution in [0.4, 0.5) is 5.69 Å². The monoisotopic (exact) mass is 442 g/mol. The van der Waals surface area contributed by atoms with Gasteiger partial charge in [-0.05, 0) is 41.7 Å². The summed E-state index contributed by atoms with van der Waals surface area (Å²) in [6.45, 7) is 6.49. The van der Waals surface area contributed by atoms with Crippen molar-refractivity contribution in [2.24, 2.45) is 12.5 Å². The number of carbonyl (C=O) groups excluding carboxylic acids is 2. The topological polar surface area (TPSA) is 66.4 Å². The number of halogens is 1. The van der Waals surface area contributed by atoms with Crippen LogP contribution in [0.15, 0.2) is 36.5 Å². The van der Waals surface area contributed by atoms with Gasteiger partial charge >= 0.3 is 0 Å². The molecule has 31 heavy (non-hydrogen) atoms. The van der Waals surface area contributed by atoms with Gasteiger partial charge in [0, 0.05) is 55.7 Å². The molecule has 2 N–H and O–H groups in total. The number of anilines is 1. The van der Waals surface area contributed by atoms with Crippen LogP contribution in [0.3, 0.4) is 0 Å². The minimum Gasteiger partial charge on any atom is -0.354 e. The number of benzene rings is 1. The van der Waals surface area contributed by atoms with E-state index in [0.29, 0.717) is 5.02 Å². The number of hydrogen-bond donors (Lipinski definition) is 2. The first-order valence-corrected chi connectivity index (χ1v) is 11.0. The lowest BCUT2D eigenvalue weighted by atomic mass is 9.63. The number of fused-ring (bicyclic) bond motifs is 2. The molecule has 1 aromatic heterocycles. The second-order valence-corrected chi connectivity index (χ2v) is 10.7. The number of carbonyl (C=O) groups is 2. The molecule has 2 aromatic rings. The van der Waals surface area contributed by atoms with Crippen molar-refractivity contribution in [3.63, 3.8) is 0 Å². The molecule has 2 aliphatic rings.